The SMILES string of the molecule is O=C(COCC(F)(F)F)Nc1ccc(C(=O)O)cc1Cl. The fourth-order valence-corrected chi connectivity index (χ4v) is 1.42. The third-order valence-electron chi connectivity index (χ3n) is 1.99. The van der Waals surface area contributed by atoms with Crippen molar-refractivity contribution in [3.8, 4) is 0 Å². The van der Waals surface area contributed by atoms with Gasteiger partial charge in [-0.3, -0.25) is 4.79 Å². The number of aromatic carboxylic acids is 1. The van der Waals surface area contributed by atoms with E-state index in [1.807, 2.05) is 0 Å². The van der Waals surface area contributed by atoms with Crippen LogP contribution in [0, 0.1) is 0 Å². The Morgan fingerprint density at radius 2 is 2.00 bits per heavy atom. The van der Waals surface area contributed by atoms with Gasteiger partial charge in [0.25, 0.3) is 0 Å². The third-order valence-corrected chi connectivity index (χ3v) is 2.30. The van der Waals surface area contributed by atoms with E-state index in [0.717, 1.165) is 6.07 Å². The van der Waals surface area contributed by atoms with E-state index in [2.05, 4.69) is 10.1 Å². The van der Waals surface area contributed by atoms with Crippen molar-refractivity contribution in [3.63, 3.8) is 0 Å². The first-order valence-electron chi connectivity index (χ1n) is 5.16. The van der Waals surface area contributed by atoms with Crippen molar-refractivity contribution in [2.45, 2.75) is 6.18 Å². The van der Waals surface area contributed by atoms with Gasteiger partial charge in [0.1, 0.15) is 13.2 Å². The number of hydrogen-bond donors (Lipinski definition) is 2. The number of carbonyl (C=O) groups excluding carboxylic acids is 1. The van der Waals surface area contributed by atoms with E-state index < -0.39 is 31.3 Å². The Balaban J connectivity index is 2.56. The van der Waals surface area contributed by atoms with Crippen LogP contribution >= 0.6 is 11.6 Å². The predicted molar refractivity (Wildman–Crippen MR) is 63.9 cm³/mol. The summed E-state index contributed by atoms with van der Waals surface area (Å²) >= 11 is 5.73. The molecule has 0 unspecified atom stereocenters. The van der Waals surface area contributed by atoms with E-state index in [-0.39, 0.29) is 16.3 Å². The fraction of sp³-hybridized carbons (Fsp3) is 0.273. The van der Waals surface area contributed by atoms with Gasteiger partial charge in [0.05, 0.1) is 16.3 Å². The number of carboxylic acids is 1. The summed E-state index contributed by atoms with van der Waals surface area (Å²) in [6.07, 6.45) is -4.51. The topological polar surface area (TPSA) is 75.6 Å². The molecule has 1 amide bonds. The molecule has 0 atom stereocenters. The molecular weight excluding hydrogens is 303 g/mol. The van der Waals surface area contributed by atoms with Gasteiger partial charge in [0, 0.05) is 0 Å². The summed E-state index contributed by atoms with van der Waals surface area (Å²) in [4.78, 5) is 21.9. The molecule has 1 aromatic carbocycles. The zero-order chi connectivity index (χ0) is 15.3. The largest absolute Gasteiger partial charge is 0.478 e. The van der Waals surface area contributed by atoms with Crippen molar-refractivity contribution in [1.82, 2.24) is 0 Å². The molecule has 0 bridgehead atoms. The van der Waals surface area contributed by atoms with Crippen LogP contribution < -0.4 is 5.32 Å². The molecule has 0 aliphatic rings. The highest BCUT2D eigenvalue weighted by Gasteiger charge is 2.27. The van der Waals surface area contributed by atoms with Gasteiger partial charge in [-0.15, -0.1) is 0 Å². The first kappa shape index (κ1) is 16.3. The number of benzene rings is 1. The molecule has 0 spiro atoms. The average molecular weight is 312 g/mol. The van der Waals surface area contributed by atoms with Crippen LogP contribution in [0.1, 0.15) is 10.4 Å². The van der Waals surface area contributed by atoms with Crippen molar-refractivity contribution < 1.29 is 32.6 Å². The first-order chi connectivity index (χ1) is 9.19. The maximum Gasteiger partial charge on any atom is 0.411 e. The van der Waals surface area contributed by atoms with Gasteiger partial charge < -0.3 is 15.2 Å². The molecule has 0 fully saturated rings. The third kappa shape index (κ3) is 5.45. The molecule has 0 aliphatic carbocycles. The minimum absolute atomic E-state index is 0.0472. The quantitative estimate of drug-likeness (QED) is 0.876. The second kappa shape index (κ2) is 6.58. The fourth-order valence-electron chi connectivity index (χ4n) is 1.20. The van der Waals surface area contributed by atoms with Gasteiger partial charge >= 0.3 is 12.1 Å². The van der Waals surface area contributed by atoms with E-state index >= 15 is 0 Å². The van der Waals surface area contributed by atoms with Gasteiger partial charge in [-0.1, -0.05) is 11.6 Å². The second-order valence-corrected chi connectivity index (χ2v) is 4.06. The van der Waals surface area contributed by atoms with E-state index in [0.29, 0.717) is 0 Å². The van der Waals surface area contributed by atoms with Crippen LogP contribution in [0.15, 0.2) is 18.2 Å². The highest BCUT2D eigenvalue weighted by molar-refractivity contribution is 6.34. The van der Waals surface area contributed by atoms with Crippen LogP contribution in [-0.4, -0.2) is 36.4 Å². The number of carboxylic acid groups (broad SMARTS) is 1. The van der Waals surface area contributed by atoms with E-state index in [1.54, 1.807) is 0 Å². The summed E-state index contributed by atoms with van der Waals surface area (Å²) in [5.74, 6) is -2.03. The Labute approximate surface area is 116 Å². The highest BCUT2D eigenvalue weighted by atomic mass is 35.5. The van der Waals surface area contributed by atoms with Crippen molar-refractivity contribution in [2.24, 2.45) is 0 Å². The standard InChI is InChI=1S/C11H9ClF3NO4/c12-7-3-6(10(18)19)1-2-8(7)16-9(17)4-20-5-11(13,14)15/h1-3H,4-5H2,(H,16,17)(H,18,19). The molecule has 9 heteroatoms. The van der Waals surface area contributed by atoms with E-state index in [1.165, 1.54) is 12.1 Å². The summed E-state index contributed by atoms with van der Waals surface area (Å²) in [5, 5.41) is 10.9. The lowest BCUT2D eigenvalue weighted by atomic mass is 10.2. The Kier molecular flexibility index (Phi) is 5.34. The van der Waals surface area contributed by atoms with Gasteiger partial charge in [-0.25, -0.2) is 4.79 Å². The van der Waals surface area contributed by atoms with Crippen LogP contribution in [0.3, 0.4) is 0 Å². The van der Waals surface area contributed by atoms with E-state index in [9.17, 15) is 22.8 Å². The van der Waals surface area contributed by atoms with Gasteiger partial charge in [-0.2, -0.15) is 13.2 Å². The maximum atomic E-state index is 11.8. The monoisotopic (exact) mass is 311 g/mol. The molecule has 0 aliphatic heterocycles. The van der Waals surface area contributed by atoms with Crippen molar-refractivity contribution in [1.29, 1.82) is 0 Å². The molecule has 20 heavy (non-hydrogen) atoms. The normalized spacial score (nSPS) is 11.2. The Morgan fingerprint density at radius 1 is 1.35 bits per heavy atom. The number of carbonyl (C=O) groups is 2. The summed E-state index contributed by atoms with van der Waals surface area (Å²) in [5.41, 5.74) is -0.00130. The first-order valence-corrected chi connectivity index (χ1v) is 5.54. The minimum Gasteiger partial charge on any atom is -0.478 e. The van der Waals surface area contributed by atoms with Crippen LogP contribution in [0.4, 0.5) is 18.9 Å². The molecule has 110 valence electrons. The molecule has 5 nitrogen and oxygen atoms in total. The lowest BCUT2D eigenvalue weighted by Gasteiger charge is -2.09. The van der Waals surface area contributed by atoms with Crippen molar-refractivity contribution >= 4 is 29.2 Å². The minimum atomic E-state index is -4.51. The van der Waals surface area contributed by atoms with Gasteiger partial charge in [0.15, 0.2) is 0 Å². The van der Waals surface area contributed by atoms with Crippen LogP contribution in [0.2, 0.25) is 5.02 Å². The van der Waals surface area contributed by atoms with Gasteiger partial charge in [0.2, 0.25) is 5.91 Å². The Bertz CT molecular complexity index is 519. The van der Waals surface area contributed by atoms with Gasteiger partial charge in [-0.05, 0) is 18.2 Å². The molecule has 1 rings (SSSR count). The number of alkyl halides is 3. The molecule has 0 aromatic heterocycles. The molecule has 1 aromatic rings. The van der Waals surface area contributed by atoms with Crippen LogP contribution in [0.5, 0.6) is 0 Å². The van der Waals surface area contributed by atoms with Crippen molar-refractivity contribution in [3.05, 3.63) is 28.8 Å². The van der Waals surface area contributed by atoms with Crippen LogP contribution in [-0.2, 0) is 9.53 Å². The number of amides is 1. The predicted octanol–water partition coefficient (Wildman–Crippen LogP) is 2.56. The summed E-state index contributed by atoms with van der Waals surface area (Å²) in [7, 11) is 0. The van der Waals surface area contributed by atoms with Crippen molar-refractivity contribution in [2.75, 3.05) is 18.5 Å². The molecule has 0 saturated heterocycles. The average Bonchev–Trinajstić information content (AvgIpc) is 2.29. The zero-order valence-electron chi connectivity index (χ0n) is 9.83. The lowest BCUT2D eigenvalue weighted by molar-refractivity contribution is -0.174. The smallest absolute Gasteiger partial charge is 0.411 e. The maximum absolute atomic E-state index is 11.8. The number of ether oxygens (including phenoxy) is 1. The van der Waals surface area contributed by atoms with E-state index in [4.69, 9.17) is 16.7 Å². The Hall–Kier alpha value is -1.80. The zero-order valence-corrected chi connectivity index (χ0v) is 10.6. The summed E-state index contributed by atoms with van der Waals surface area (Å²) < 4.78 is 39.5. The number of rotatable bonds is 5. The Morgan fingerprint density at radius 3 is 2.50 bits per heavy atom. The lowest BCUT2D eigenvalue weighted by Crippen LogP contribution is -2.24. The van der Waals surface area contributed by atoms with Crippen LogP contribution in [0.25, 0.3) is 0 Å². The summed E-state index contributed by atoms with van der Waals surface area (Å²) in [6.45, 7) is -2.33. The molecule has 0 heterocycles. The number of halogens is 4. The molecule has 0 saturated carbocycles. The highest BCUT2D eigenvalue weighted by Crippen LogP contribution is 2.23. The summed E-state index contributed by atoms with van der Waals surface area (Å²) in [6, 6.07) is 3.53. The number of hydrogen-bond acceptors (Lipinski definition) is 3. The number of nitrogens with one attached hydrogen (secondary N) is 1. The molecule has 2 N–H and O–H groups in total. The second-order valence-electron chi connectivity index (χ2n) is 3.66. The molecule has 0 radical (unpaired) electrons. The number of anilines is 1. The molecular formula is C11H9ClF3NO4.